The maximum atomic E-state index is 12.9. The van der Waals surface area contributed by atoms with E-state index < -0.39 is 0 Å². The zero-order valence-corrected chi connectivity index (χ0v) is 14.4. The Morgan fingerprint density at radius 2 is 1.96 bits per heavy atom. The lowest BCUT2D eigenvalue weighted by Gasteiger charge is -2.38. The molecule has 0 aromatic carbocycles. The number of aromatic nitrogens is 1. The molecule has 126 valence electrons. The van der Waals surface area contributed by atoms with Crippen LogP contribution < -0.4 is 5.56 Å². The lowest BCUT2D eigenvalue weighted by molar-refractivity contribution is -0.0387. The smallest absolute Gasteiger partial charge is 0.263 e. The van der Waals surface area contributed by atoms with Gasteiger partial charge in [-0.1, -0.05) is 0 Å². The van der Waals surface area contributed by atoms with Crippen molar-refractivity contribution >= 4 is 5.91 Å². The maximum absolute atomic E-state index is 12.9. The van der Waals surface area contributed by atoms with Crippen molar-refractivity contribution in [1.29, 1.82) is 0 Å². The van der Waals surface area contributed by atoms with Crippen LogP contribution in [0.1, 0.15) is 54.2 Å². The van der Waals surface area contributed by atoms with E-state index in [4.69, 9.17) is 4.74 Å². The molecule has 3 heterocycles. The minimum Gasteiger partial charge on any atom is -0.375 e. The van der Waals surface area contributed by atoms with Crippen molar-refractivity contribution in [2.75, 3.05) is 19.7 Å². The summed E-state index contributed by atoms with van der Waals surface area (Å²) in [7, 11) is 0. The molecule has 23 heavy (non-hydrogen) atoms. The van der Waals surface area contributed by atoms with Crippen LogP contribution in [0.3, 0.4) is 0 Å². The van der Waals surface area contributed by atoms with E-state index in [0.717, 1.165) is 43.5 Å². The van der Waals surface area contributed by atoms with E-state index in [2.05, 4.69) is 0 Å². The van der Waals surface area contributed by atoms with Gasteiger partial charge in [-0.2, -0.15) is 0 Å². The van der Waals surface area contributed by atoms with E-state index in [1.807, 2.05) is 31.7 Å². The van der Waals surface area contributed by atoms with Crippen LogP contribution in [-0.4, -0.2) is 40.7 Å². The molecule has 0 radical (unpaired) electrons. The molecule has 1 aromatic rings. The Morgan fingerprint density at radius 1 is 1.26 bits per heavy atom. The van der Waals surface area contributed by atoms with Crippen LogP contribution in [0.4, 0.5) is 0 Å². The number of carbonyl (C=O) groups excluding carboxylic acids is 1. The average molecular weight is 318 g/mol. The second-order valence-electron chi connectivity index (χ2n) is 6.82. The zero-order valence-electron chi connectivity index (χ0n) is 14.4. The zero-order chi connectivity index (χ0) is 16.6. The van der Waals surface area contributed by atoms with Crippen LogP contribution in [0.15, 0.2) is 10.9 Å². The molecule has 0 N–H and O–H groups in total. The van der Waals surface area contributed by atoms with Crippen LogP contribution in [-0.2, 0) is 11.3 Å². The number of ether oxygens (including phenoxy) is 1. The topological polar surface area (TPSA) is 51.5 Å². The summed E-state index contributed by atoms with van der Waals surface area (Å²) in [4.78, 5) is 27.4. The molecular formula is C18H26N2O3. The van der Waals surface area contributed by atoms with Gasteiger partial charge in [-0.3, -0.25) is 9.59 Å². The van der Waals surface area contributed by atoms with E-state index in [-0.39, 0.29) is 17.1 Å². The molecule has 2 saturated heterocycles. The third-order valence-electron chi connectivity index (χ3n) is 5.38. The highest BCUT2D eigenvalue weighted by atomic mass is 16.5. The Kier molecular flexibility index (Phi) is 4.32. The summed E-state index contributed by atoms with van der Waals surface area (Å²) in [5.41, 5.74) is 1.85. The van der Waals surface area contributed by atoms with Crippen LogP contribution in [0, 0.1) is 13.8 Å². The van der Waals surface area contributed by atoms with Crippen molar-refractivity contribution in [3.63, 3.8) is 0 Å². The molecule has 2 aliphatic rings. The van der Waals surface area contributed by atoms with E-state index in [1.54, 1.807) is 4.57 Å². The van der Waals surface area contributed by atoms with Gasteiger partial charge in [-0.15, -0.1) is 0 Å². The Labute approximate surface area is 137 Å². The first-order chi connectivity index (χ1) is 11.0. The molecular weight excluding hydrogens is 292 g/mol. The third-order valence-corrected chi connectivity index (χ3v) is 5.38. The van der Waals surface area contributed by atoms with Crippen LogP contribution in [0.2, 0.25) is 0 Å². The molecule has 0 bridgehead atoms. The summed E-state index contributed by atoms with van der Waals surface area (Å²) < 4.78 is 7.58. The van der Waals surface area contributed by atoms with Gasteiger partial charge in [0, 0.05) is 31.9 Å². The Hall–Kier alpha value is -1.62. The van der Waals surface area contributed by atoms with Gasteiger partial charge in [0.2, 0.25) is 0 Å². The van der Waals surface area contributed by atoms with Gasteiger partial charge in [-0.25, -0.2) is 0 Å². The van der Waals surface area contributed by atoms with Gasteiger partial charge in [0.15, 0.2) is 0 Å². The summed E-state index contributed by atoms with van der Waals surface area (Å²) >= 11 is 0. The molecule has 0 saturated carbocycles. The van der Waals surface area contributed by atoms with Gasteiger partial charge >= 0.3 is 0 Å². The molecule has 2 fully saturated rings. The van der Waals surface area contributed by atoms with E-state index in [9.17, 15) is 9.59 Å². The number of pyridine rings is 1. The summed E-state index contributed by atoms with van der Waals surface area (Å²) in [6, 6.07) is 1.93. The Bertz CT molecular complexity index is 662. The number of rotatable bonds is 2. The molecule has 0 unspecified atom stereocenters. The molecule has 1 aromatic heterocycles. The van der Waals surface area contributed by atoms with Crippen molar-refractivity contribution in [2.45, 2.75) is 58.6 Å². The van der Waals surface area contributed by atoms with Gasteiger partial charge < -0.3 is 14.2 Å². The summed E-state index contributed by atoms with van der Waals surface area (Å²) in [6.07, 6.45) is 3.98. The lowest BCUT2D eigenvalue weighted by Crippen LogP contribution is -2.48. The van der Waals surface area contributed by atoms with Gasteiger partial charge in [-0.05, 0) is 58.1 Å². The Morgan fingerprint density at radius 3 is 2.52 bits per heavy atom. The second kappa shape index (κ2) is 6.11. The number of nitrogens with zero attached hydrogens (tertiary/aromatic N) is 2. The number of hydrogen-bond donors (Lipinski definition) is 0. The van der Waals surface area contributed by atoms with Crippen molar-refractivity contribution < 1.29 is 9.53 Å². The Balaban J connectivity index is 1.83. The summed E-state index contributed by atoms with van der Waals surface area (Å²) in [6.45, 7) is 8.48. The third kappa shape index (κ3) is 2.82. The first kappa shape index (κ1) is 16.2. The summed E-state index contributed by atoms with van der Waals surface area (Å²) in [5, 5.41) is 0. The van der Waals surface area contributed by atoms with Crippen molar-refractivity contribution in [3.8, 4) is 0 Å². The minimum absolute atomic E-state index is 0.0112. The van der Waals surface area contributed by atoms with Crippen LogP contribution in [0.5, 0.6) is 0 Å². The van der Waals surface area contributed by atoms with Crippen LogP contribution in [0.25, 0.3) is 0 Å². The molecule has 3 rings (SSSR count). The SMILES string of the molecule is CCn1c(C)cc(C)c(C(=O)N2CCC3(CCCO3)CC2)c1=O. The number of likely N-dealkylation sites (tertiary alicyclic amines) is 1. The molecule has 2 aliphatic heterocycles. The van der Waals surface area contributed by atoms with Gasteiger partial charge in [0.05, 0.1) is 5.60 Å². The standard InChI is InChI=1S/C18H26N2O3/c1-4-20-14(3)12-13(2)15(17(20)22)16(21)19-9-7-18(8-10-19)6-5-11-23-18/h12H,4-11H2,1-3H3. The van der Waals surface area contributed by atoms with Crippen molar-refractivity contribution in [3.05, 3.63) is 33.2 Å². The van der Waals surface area contributed by atoms with E-state index in [1.165, 1.54) is 0 Å². The highest BCUT2D eigenvalue weighted by molar-refractivity contribution is 5.95. The van der Waals surface area contributed by atoms with Crippen molar-refractivity contribution in [2.24, 2.45) is 0 Å². The quantitative estimate of drug-likeness (QED) is 0.840. The lowest BCUT2D eigenvalue weighted by atomic mass is 9.88. The molecule has 0 aliphatic carbocycles. The monoisotopic (exact) mass is 318 g/mol. The molecule has 5 nitrogen and oxygen atoms in total. The number of hydrogen-bond acceptors (Lipinski definition) is 3. The minimum atomic E-state index is -0.160. The molecule has 0 atom stereocenters. The van der Waals surface area contributed by atoms with E-state index >= 15 is 0 Å². The highest BCUT2D eigenvalue weighted by Gasteiger charge is 2.39. The normalized spacial score (nSPS) is 20.2. The number of piperidine rings is 1. The first-order valence-electron chi connectivity index (χ1n) is 8.62. The van der Waals surface area contributed by atoms with Crippen LogP contribution >= 0.6 is 0 Å². The van der Waals surface area contributed by atoms with Gasteiger partial charge in [0.1, 0.15) is 5.56 Å². The first-order valence-corrected chi connectivity index (χ1v) is 8.62. The largest absolute Gasteiger partial charge is 0.375 e. The van der Waals surface area contributed by atoms with Gasteiger partial charge in [0.25, 0.3) is 11.5 Å². The molecule has 1 amide bonds. The maximum Gasteiger partial charge on any atom is 0.263 e. The number of amides is 1. The number of aryl methyl sites for hydroxylation is 2. The number of carbonyl (C=O) groups is 1. The second-order valence-corrected chi connectivity index (χ2v) is 6.82. The predicted octanol–water partition coefficient (Wildman–Crippen LogP) is 2.27. The fourth-order valence-corrected chi connectivity index (χ4v) is 4.01. The molecule has 5 heteroatoms. The predicted molar refractivity (Wildman–Crippen MR) is 88.9 cm³/mol. The highest BCUT2D eigenvalue weighted by Crippen LogP contribution is 2.35. The van der Waals surface area contributed by atoms with E-state index in [0.29, 0.717) is 25.2 Å². The molecule has 1 spiro atoms. The average Bonchev–Trinajstić information content (AvgIpc) is 2.96. The summed E-state index contributed by atoms with van der Waals surface area (Å²) in [5.74, 6) is -0.123. The fraction of sp³-hybridized carbons (Fsp3) is 0.667. The fourth-order valence-electron chi connectivity index (χ4n) is 4.01. The van der Waals surface area contributed by atoms with Crippen molar-refractivity contribution in [1.82, 2.24) is 9.47 Å².